The molecule has 250 valence electrons. The minimum atomic E-state index is -0.808. The van der Waals surface area contributed by atoms with Crippen molar-refractivity contribution in [2.24, 2.45) is 4.99 Å². The first kappa shape index (κ1) is 32.6. The summed E-state index contributed by atoms with van der Waals surface area (Å²) in [7, 11) is 3.17. The lowest BCUT2D eigenvalue weighted by atomic mass is 9.93. The Balaban J connectivity index is 1.32. The van der Waals surface area contributed by atoms with Gasteiger partial charge in [-0.1, -0.05) is 102 Å². The number of fused-ring (bicyclic) bond motifs is 2. The van der Waals surface area contributed by atoms with Gasteiger partial charge in [0, 0.05) is 5.56 Å². The molecular formula is C41H34N2O6S. The number of esters is 1. The summed E-state index contributed by atoms with van der Waals surface area (Å²) in [4.78, 5) is 33.5. The average Bonchev–Trinajstić information content (AvgIpc) is 3.47. The van der Waals surface area contributed by atoms with Crippen LogP contribution in [-0.4, -0.2) is 31.4 Å². The van der Waals surface area contributed by atoms with E-state index in [0.717, 1.165) is 27.5 Å². The Morgan fingerprint density at radius 1 is 0.860 bits per heavy atom. The zero-order valence-corrected chi connectivity index (χ0v) is 28.6. The summed E-state index contributed by atoms with van der Waals surface area (Å²) in [5.41, 5.74) is 3.69. The van der Waals surface area contributed by atoms with Gasteiger partial charge in [0.15, 0.2) is 16.3 Å². The van der Waals surface area contributed by atoms with Crippen LogP contribution >= 0.6 is 11.3 Å². The zero-order valence-electron chi connectivity index (χ0n) is 27.8. The molecule has 2 heterocycles. The van der Waals surface area contributed by atoms with Gasteiger partial charge in [-0.15, -0.1) is 0 Å². The van der Waals surface area contributed by atoms with E-state index >= 15 is 0 Å². The van der Waals surface area contributed by atoms with Crippen LogP contribution in [0, 0.1) is 0 Å². The SMILES string of the molecule is CCOC(=O)C1=C(c2ccccc2)N=c2s/c(=C\c3ccc(OCc4cccc5ccccc45)c(OC)c3)c(=O)n2[C@H]1c1cccc(OC)c1. The third kappa shape index (κ3) is 6.31. The van der Waals surface area contributed by atoms with Crippen molar-refractivity contribution in [1.82, 2.24) is 4.57 Å². The second-order valence-corrected chi connectivity index (χ2v) is 12.6. The van der Waals surface area contributed by atoms with Crippen LogP contribution in [0.15, 0.2) is 131 Å². The number of hydrogen-bond donors (Lipinski definition) is 0. The second-order valence-electron chi connectivity index (χ2n) is 11.5. The molecule has 1 aliphatic heterocycles. The highest BCUT2D eigenvalue weighted by Crippen LogP contribution is 2.36. The Hall–Kier alpha value is -5.93. The molecule has 0 radical (unpaired) electrons. The fourth-order valence-electron chi connectivity index (χ4n) is 6.19. The van der Waals surface area contributed by atoms with E-state index < -0.39 is 12.0 Å². The normalized spacial score (nSPS) is 14.2. The van der Waals surface area contributed by atoms with Gasteiger partial charge in [0.2, 0.25) is 0 Å². The number of hydrogen-bond acceptors (Lipinski definition) is 8. The zero-order chi connectivity index (χ0) is 34.6. The molecule has 1 aliphatic rings. The van der Waals surface area contributed by atoms with Gasteiger partial charge in [-0.2, -0.15) is 0 Å². The second kappa shape index (κ2) is 14.3. The van der Waals surface area contributed by atoms with Crippen LogP contribution in [0.1, 0.15) is 35.2 Å². The molecule has 8 nitrogen and oxygen atoms in total. The molecule has 0 aliphatic carbocycles. The number of carbonyl (C=O) groups is 1. The molecule has 0 amide bonds. The van der Waals surface area contributed by atoms with Gasteiger partial charge in [0.1, 0.15) is 12.4 Å². The van der Waals surface area contributed by atoms with Crippen LogP contribution in [-0.2, 0) is 16.1 Å². The molecule has 0 saturated heterocycles. The molecule has 7 rings (SSSR count). The smallest absolute Gasteiger partial charge is 0.338 e. The summed E-state index contributed by atoms with van der Waals surface area (Å²) >= 11 is 1.26. The molecule has 0 bridgehead atoms. The van der Waals surface area contributed by atoms with Crippen molar-refractivity contribution >= 4 is 39.9 Å². The molecule has 1 aromatic heterocycles. The molecular weight excluding hydrogens is 649 g/mol. The van der Waals surface area contributed by atoms with E-state index in [1.54, 1.807) is 31.8 Å². The minimum absolute atomic E-state index is 0.170. The van der Waals surface area contributed by atoms with Crippen molar-refractivity contribution in [3.63, 3.8) is 0 Å². The monoisotopic (exact) mass is 682 g/mol. The number of benzene rings is 5. The van der Waals surface area contributed by atoms with Gasteiger partial charge >= 0.3 is 5.97 Å². The summed E-state index contributed by atoms with van der Waals surface area (Å²) in [6.45, 7) is 2.29. The van der Waals surface area contributed by atoms with Crippen LogP contribution in [0.5, 0.6) is 17.2 Å². The lowest BCUT2D eigenvalue weighted by Gasteiger charge is -2.26. The van der Waals surface area contributed by atoms with Crippen LogP contribution in [0.25, 0.3) is 22.5 Å². The first-order chi connectivity index (χ1) is 24.5. The number of ether oxygens (including phenoxy) is 4. The third-order valence-corrected chi connectivity index (χ3v) is 9.51. The molecule has 9 heteroatoms. The van der Waals surface area contributed by atoms with Gasteiger partial charge < -0.3 is 18.9 Å². The quantitative estimate of drug-likeness (QED) is 0.150. The number of carbonyl (C=O) groups excluding carboxylic acids is 1. The Morgan fingerprint density at radius 2 is 1.64 bits per heavy atom. The van der Waals surface area contributed by atoms with Crippen LogP contribution in [0.4, 0.5) is 0 Å². The van der Waals surface area contributed by atoms with Crippen molar-refractivity contribution in [2.75, 3.05) is 20.8 Å². The first-order valence-electron chi connectivity index (χ1n) is 16.2. The van der Waals surface area contributed by atoms with E-state index in [4.69, 9.17) is 23.9 Å². The van der Waals surface area contributed by atoms with Gasteiger partial charge in [0.25, 0.3) is 5.56 Å². The summed E-state index contributed by atoms with van der Waals surface area (Å²) < 4.78 is 25.1. The number of nitrogens with zero attached hydrogens (tertiary/aromatic N) is 2. The van der Waals surface area contributed by atoms with E-state index in [-0.39, 0.29) is 17.7 Å². The van der Waals surface area contributed by atoms with E-state index in [9.17, 15) is 9.59 Å². The van der Waals surface area contributed by atoms with Crippen molar-refractivity contribution in [3.8, 4) is 17.2 Å². The maximum absolute atomic E-state index is 14.3. The summed E-state index contributed by atoms with van der Waals surface area (Å²) in [6, 6.07) is 36.0. The summed E-state index contributed by atoms with van der Waals surface area (Å²) in [6.07, 6.45) is 1.81. The van der Waals surface area contributed by atoms with E-state index in [1.807, 2.05) is 91.0 Å². The highest BCUT2D eigenvalue weighted by Gasteiger charge is 2.35. The van der Waals surface area contributed by atoms with Gasteiger partial charge in [-0.25, -0.2) is 9.79 Å². The standard InChI is InChI=1S/C41H34N2O6S/c1-4-48-40(45)36-37(28-13-6-5-7-14-28)42-41-43(38(36)29-16-11-18-31(24-29)46-2)39(44)35(50-41)23-26-20-21-33(34(22-26)47-3)49-25-30-17-10-15-27-12-8-9-19-32(27)30/h5-24,38H,4,25H2,1-3H3/b35-23-/t38-/m0/s1. The minimum Gasteiger partial charge on any atom is -0.497 e. The van der Waals surface area contributed by atoms with E-state index in [0.29, 0.717) is 44.4 Å². The van der Waals surface area contributed by atoms with Crippen LogP contribution < -0.4 is 29.1 Å². The first-order valence-corrected chi connectivity index (χ1v) is 17.0. The van der Waals surface area contributed by atoms with Crippen LogP contribution in [0.3, 0.4) is 0 Å². The number of methoxy groups -OCH3 is 2. The highest BCUT2D eigenvalue weighted by molar-refractivity contribution is 7.07. The maximum Gasteiger partial charge on any atom is 0.338 e. The van der Waals surface area contributed by atoms with Crippen molar-refractivity contribution < 1.29 is 23.7 Å². The fraction of sp³-hybridized carbons (Fsp3) is 0.146. The fourth-order valence-corrected chi connectivity index (χ4v) is 7.19. The third-order valence-electron chi connectivity index (χ3n) is 8.53. The molecule has 0 fully saturated rings. The van der Waals surface area contributed by atoms with Crippen molar-refractivity contribution in [1.29, 1.82) is 0 Å². The lowest BCUT2D eigenvalue weighted by Crippen LogP contribution is -2.40. The average molecular weight is 683 g/mol. The van der Waals surface area contributed by atoms with Crippen LogP contribution in [0.2, 0.25) is 0 Å². The maximum atomic E-state index is 14.3. The largest absolute Gasteiger partial charge is 0.497 e. The molecule has 5 aromatic carbocycles. The molecule has 0 N–H and O–H groups in total. The van der Waals surface area contributed by atoms with Crippen molar-refractivity contribution in [3.05, 3.63) is 163 Å². The van der Waals surface area contributed by atoms with E-state index in [1.165, 1.54) is 11.3 Å². The number of aromatic nitrogens is 1. The molecule has 0 saturated carbocycles. The van der Waals surface area contributed by atoms with Gasteiger partial charge in [-0.05, 0) is 64.7 Å². The summed E-state index contributed by atoms with van der Waals surface area (Å²) in [5, 5.41) is 2.28. The van der Waals surface area contributed by atoms with Crippen molar-refractivity contribution in [2.45, 2.75) is 19.6 Å². The van der Waals surface area contributed by atoms with E-state index in [2.05, 4.69) is 24.3 Å². The molecule has 1 atom stereocenters. The topological polar surface area (TPSA) is 88.4 Å². The molecule has 50 heavy (non-hydrogen) atoms. The molecule has 0 spiro atoms. The highest BCUT2D eigenvalue weighted by atomic mass is 32.1. The molecule has 0 unspecified atom stereocenters. The lowest BCUT2D eigenvalue weighted by molar-refractivity contribution is -0.138. The molecule has 6 aromatic rings. The Kier molecular flexibility index (Phi) is 9.31. The predicted octanol–water partition coefficient (Wildman–Crippen LogP) is 6.69. The predicted molar refractivity (Wildman–Crippen MR) is 195 cm³/mol. The summed E-state index contributed by atoms with van der Waals surface area (Å²) in [5.74, 6) is 1.18. The number of thiazole rings is 1. The van der Waals surface area contributed by atoms with Gasteiger partial charge in [0.05, 0.1) is 42.7 Å². The Bertz CT molecular complexity index is 2420. The van der Waals surface area contributed by atoms with Gasteiger partial charge in [-0.3, -0.25) is 9.36 Å². The number of rotatable bonds is 10. The Labute approximate surface area is 292 Å². The Morgan fingerprint density at radius 3 is 2.44 bits per heavy atom.